The van der Waals surface area contributed by atoms with Crippen molar-refractivity contribution in [1.82, 2.24) is 10.2 Å². The number of carbonyl (C=O) groups is 1. The molecule has 6 nitrogen and oxygen atoms in total. The Kier molecular flexibility index (Phi) is 6.74. The molecule has 0 radical (unpaired) electrons. The van der Waals surface area contributed by atoms with Crippen LogP contribution in [0.25, 0.3) is 0 Å². The molecule has 0 unspecified atom stereocenters. The van der Waals surface area contributed by atoms with E-state index in [4.69, 9.17) is 9.15 Å². The zero-order valence-electron chi connectivity index (χ0n) is 15.8. The first-order chi connectivity index (χ1) is 13.4. The van der Waals surface area contributed by atoms with Gasteiger partial charge < -0.3 is 14.5 Å². The van der Waals surface area contributed by atoms with Gasteiger partial charge in [-0.25, -0.2) is 0 Å². The van der Waals surface area contributed by atoms with Crippen LogP contribution in [0, 0.1) is 20.8 Å². The number of thioether (sulfide) groups is 1. The van der Waals surface area contributed by atoms with E-state index in [-0.39, 0.29) is 18.3 Å². The minimum Gasteiger partial charge on any atom is -0.484 e. The summed E-state index contributed by atoms with van der Waals surface area (Å²) >= 11 is 4.63. The minimum absolute atomic E-state index is 0.152. The quantitative estimate of drug-likeness (QED) is 0.495. The van der Waals surface area contributed by atoms with Crippen molar-refractivity contribution in [3.05, 3.63) is 63.5 Å². The van der Waals surface area contributed by atoms with E-state index >= 15 is 0 Å². The molecule has 3 rings (SSSR count). The molecule has 1 heterocycles. The lowest BCUT2D eigenvalue weighted by atomic mass is 10.1. The lowest BCUT2D eigenvalue weighted by Crippen LogP contribution is -2.14. The average molecular weight is 462 g/mol. The van der Waals surface area contributed by atoms with Crippen LogP contribution < -0.4 is 10.1 Å². The maximum absolute atomic E-state index is 12.1. The molecule has 28 heavy (non-hydrogen) atoms. The molecule has 3 aromatic rings. The number of aryl methyl sites for hydroxylation is 3. The summed E-state index contributed by atoms with van der Waals surface area (Å²) in [5.41, 5.74) is 4.00. The number of benzene rings is 2. The van der Waals surface area contributed by atoms with Gasteiger partial charge in [-0.3, -0.25) is 4.79 Å². The molecule has 2 aromatic carbocycles. The molecule has 0 bridgehead atoms. The molecule has 0 saturated carbocycles. The number of ether oxygens (including phenoxy) is 1. The molecule has 1 N–H and O–H groups in total. The van der Waals surface area contributed by atoms with E-state index in [1.165, 1.54) is 11.8 Å². The molecule has 0 fully saturated rings. The molecule has 0 spiro atoms. The van der Waals surface area contributed by atoms with E-state index in [2.05, 4.69) is 31.4 Å². The number of halogens is 1. The first-order valence-corrected chi connectivity index (χ1v) is 10.4. The molecule has 0 aliphatic carbocycles. The molecule has 8 heteroatoms. The third-order valence-electron chi connectivity index (χ3n) is 3.87. The minimum atomic E-state index is -0.152. The number of carbonyl (C=O) groups excluding carboxylic acids is 1. The van der Waals surface area contributed by atoms with Crippen molar-refractivity contribution in [2.45, 2.75) is 32.6 Å². The van der Waals surface area contributed by atoms with Crippen molar-refractivity contribution < 1.29 is 13.9 Å². The van der Waals surface area contributed by atoms with Gasteiger partial charge in [0.25, 0.3) is 11.1 Å². The van der Waals surface area contributed by atoms with E-state index in [0.717, 1.165) is 32.6 Å². The van der Waals surface area contributed by atoms with Crippen molar-refractivity contribution in [2.75, 3.05) is 11.1 Å². The Hall–Kier alpha value is -2.32. The number of amides is 1. The number of anilines is 1. The Labute approximate surface area is 176 Å². The van der Waals surface area contributed by atoms with Crippen molar-refractivity contribution in [2.24, 2.45) is 0 Å². The molecule has 1 amide bonds. The highest BCUT2D eigenvalue weighted by Gasteiger charge is 2.12. The summed E-state index contributed by atoms with van der Waals surface area (Å²) in [7, 11) is 0. The van der Waals surface area contributed by atoms with E-state index in [1.54, 1.807) is 0 Å². The zero-order valence-corrected chi connectivity index (χ0v) is 18.2. The van der Waals surface area contributed by atoms with Gasteiger partial charge in [0.15, 0.2) is 6.61 Å². The zero-order chi connectivity index (χ0) is 20.1. The van der Waals surface area contributed by atoms with Crippen LogP contribution in [0.5, 0.6) is 5.75 Å². The molecule has 0 saturated heterocycles. The lowest BCUT2D eigenvalue weighted by Gasteiger charge is -2.07. The monoisotopic (exact) mass is 461 g/mol. The summed E-state index contributed by atoms with van der Waals surface area (Å²) in [6.45, 7) is 6.16. The molecule has 1 aromatic heterocycles. The molecule has 146 valence electrons. The molecular weight excluding hydrogens is 442 g/mol. The standard InChI is InChI=1S/C20H20BrN3O3S/c1-12-5-7-16(15(21)8-12)22-18(25)11-28-20-24-23-19(27-20)10-26-17-9-13(2)4-6-14(17)3/h4-9H,10-11H2,1-3H3,(H,22,25). The van der Waals surface area contributed by atoms with Crippen LogP contribution in [-0.2, 0) is 11.4 Å². The molecule has 0 aliphatic heterocycles. The second-order valence-corrected chi connectivity index (χ2v) is 8.12. The van der Waals surface area contributed by atoms with Gasteiger partial charge in [-0.15, -0.1) is 10.2 Å². The van der Waals surface area contributed by atoms with E-state index in [0.29, 0.717) is 11.1 Å². The first-order valence-electron chi connectivity index (χ1n) is 8.62. The van der Waals surface area contributed by atoms with Gasteiger partial charge in [-0.1, -0.05) is 30.0 Å². The summed E-state index contributed by atoms with van der Waals surface area (Å²) in [5.74, 6) is 1.17. The number of nitrogens with zero attached hydrogens (tertiary/aromatic N) is 2. The van der Waals surface area contributed by atoms with Gasteiger partial charge >= 0.3 is 0 Å². The Bertz CT molecular complexity index is 991. The number of rotatable bonds is 7. The summed E-state index contributed by atoms with van der Waals surface area (Å²) in [6, 6.07) is 11.7. The third-order valence-corrected chi connectivity index (χ3v) is 5.34. The van der Waals surface area contributed by atoms with Gasteiger partial charge in [-0.05, 0) is 71.6 Å². The van der Waals surface area contributed by atoms with Gasteiger partial charge in [0, 0.05) is 4.47 Å². The summed E-state index contributed by atoms with van der Waals surface area (Å²) in [4.78, 5) is 12.1. The molecule has 0 atom stereocenters. The smallest absolute Gasteiger partial charge is 0.277 e. The highest BCUT2D eigenvalue weighted by molar-refractivity contribution is 9.10. The Balaban J connectivity index is 1.50. The average Bonchev–Trinajstić information content (AvgIpc) is 3.11. The van der Waals surface area contributed by atoms with Gasteiger partial charge in [-0.2, -0.15) is 0 Å². The van der Waals surface area contributed by atoms with Crippen molar-refractivity contribution in [3.8, 4) is 5.75 Å². The molecular formula is C20H20BrN3O3S. The Morgan fingerprint density at radius 2 is 1.89 bits per heavy atom. The van der Waals surface area contributed by atoms with Crippen LogP contribution in [-0.4, -0.2) is 21.9 Å². The number of aromatic nitrogens is 2. The SMILES string of the molecule is Cc1ccc(NC(=O)CSc2nnc(COc3cc(C)ccc3C)o2)c(Br)c1. The van der Waals surface area contributed by atoms with Crippen LogP contribution in [0.4, 0.5) is 5.69 Å². The van der Waals surface area contributed by atoms with Gasteiger partial charge in [0.1, 0.15) is 5.75 Å². The highest BCUT2D eigenvalue weighted by atomic mass is 79.9. The Morgan fingerprint density at radius 3 is 2.68 bits per heavy atom. The highest BCUT2D eigenvalue weighted by Crippen LogP contribution is 2.24. The molecule has 0 aliphatic rings. The summed E-state index contributed by atoms with van der Waals surface area (Å²) in [6.07, 6.45) is 0. The maximum atomic E-state index is 12.1. The van der Waals surface area contributed by atoms with Crippen LogP contribution in [0.2, 0.25) is 0 Å². The van der Waals surface area contributed by atoms with Crippen LogP contribution in [0.1, 0.15) is 22.6 Å². The van der Waals surface area contributed by atoms with E-state index < -0.39 is 0 Å². The fourth-order valence-electron chi connectivity index (χ4n) is 2.39. The van der Waals surface area contributed by atoms with Crippen LogP contribution in [0.3, 0.4) is 0 Å². The van der Waals surface area contributed by atoms with Crippen molar-refractivity contribution in [3.63, 3.8) is 0 Å². The number of hydrogen-bond acceptors (Lipinski definition) is 6. The third kappa shape index (κ3) is 5.59. The fourth-order valence-corrected chi connectivity index (χ4v) is 3.57. The summed E-state index contributed by atoms with van der Waals surface area (Å²) in [5, 5.41) is 11.1. The predicted octanol–water partition coefficient (Wildman–Crippen LogP) is 5.07. The van der Waals surface area contributed by atoms with Crippen LogP contribution >= 0.6 is 27.7 Å². The number of hydrogen-bond donors (Lipinski definition) is 1. The largest absolute Gasteiger partial charge is 0.484 e. The van der Waals surface area contributed by atoms with Crippen LogP contribution in [0.15, 0.2) is 50.5 Å². The predicted molar refractivity (Wildman–Crippen MR) is 113 cm³/mol. The fraction of sp³-hybridized carbons (Fsp3) is 0.250. The number of nitrogens with one attached hydrogen (secondary N) is 1. The van der Waals surface area contributed by atoms with Gasteiger partial charge in [0.2, 0.25) is 5.91 Å². The van der Waals surface area contributed by atoms with Gasteiger partial charge in [0.05, 0.1) is 11.4 Å². The second kappa shape index (κ2) is 9.25. The van der Waals surface area contributed by atoms with E-state index in [9.17, 15) is 4.79 Å². The van der Waals surface area contributed by atoms with Crippen molar-refractivity contribution >= 4 is 39.3 Å². The van der Waals surface area contributed by atoms with E-state index in [1.807, 2.05) is 57.2 Å². The van der Waals surface area contributed by atoms with Crippen molar-refractivity contribution in [1.29, 1.82) is 0 Å². The maximum Gasteiger partial charge on any atom is 0.277 e. The topological polar surface area (TPSA) is 77.2 Å². The Morgan fingerprint density at radius 1 is 1.14 bits per heavy atom. The second-order valence-electron chi connectivity index (χ2n) is 6.34. The normalized spacial score (nSPS) is 10.7. The first kappa shape index (κ1) is 20.4. The lowest BCUT2D eigenvalue weighted by molar-refractivity contribution is -0.113. The summed E-state index contributed by atoms with van der Waals surface area (Å²) < 4.78 is 12.1.